The third-order valence-electron chi connectivity index (χ3n) is 4.43. The van der Waals surface area contributed by atoms with E-state index in [0.29, 0.717) is 11.3 Å². The molecule has 0 spiro atoms. The molecule has 3 amide bonds. The van der Waals surface area contributed by atoms with Gasteiger partial charge in [-0.15, -0.1) is 6.58 Å². The van der Waals surface area contributed by atoms with Gasteiger partial charge in [-0.3, -0.25) is 19.3 Å². The summed E-state index contributed by atoms with van der Waals surface area (Å²) in [5, 5.41) is 11.5. The van der Waals surface area contributed by atoms with Crippen molar-refractivity contribution in [2.24, 2.45) is 0 Å². The van der Waals surface area contributed by atoms with E-state index in [4.69, 9.17) is 10.00 Å². The van der Waals surface area contributed by atoms with Gasteiger partial charge in [0.05, 0.1) is 28.3 Å². The molecule has 3 rings (SSSR count). The van der Waals surface area contributed by atoms with Crippen molar-refractivity contribution in [1.29, 1.82) is 5.26 Å². The van der Waals surface area contributed by atoms with E-state index < -0.39 is 29.8 Å². The zero-order valence-electron chi connectivity index (χ0n) is 16.0. The van der Waals surface area contributed by atoms with Gasteiger partial charge in [0, 0.05) is 12.2 Å². The van der Waals surface area contributed by atoms with E-state index in [-0.39, 0.29) is 23.2 Å². The smallest absolute Gasteiger partial charge is 0.338 e. The van der Waals surface area contributed by atoms with Crippen molar-refractivity contribution in [1.82, 2.24) is 4.90 Å². The molecule has 150 valence electrons. The van der Waals surface area contributed by atoms with Gasteiger partial charge < -0.3 is 10.1 Å². The molecule has 1 aliphatic heterocycles. The summed E-state index contributed by atoms with van der Waals surface area (Å²) in [5.41, 5.74) is 1.11. The molecule has 0 aliphatic carbocycles. The fourth-order valence-electron chi connectivity index (χ4n) is 2.91. The van der Waals surface area contributed by atoms with E-state index in [2.05, 4.69) is 11.9 Å². The van der Waals surface area contributed by atoms with Gasteiger partial charge in [0.15, 0.2) is 6.10 Å². The number of nitrogens with one attached hydrogen (secondary N) is 1. The highest BCUT2D eigenvalue weighted by Gasteiger charge is 2.35. The number of benzene rings is 2. The van der Waals surface area contributed by atoms with Gasteiger partial charge in [0.25, 0.3) is 17.7 Å². The number of rotatable bonds is 6. The Morgan fingerprint density at radius 3 is 2.63 bits per heavy atom. The topological polar surface area (TPSA) is 117 Å². The highest BCUT2D eigenvalue weighted by atomic mass is 16.5. The molecule has 0 fully saturated rings. The van der Waals surface area contributed by atoms with Crippen molar-refractivity contribution in [2.45, 2.75) is 13.0 Å². The first-order valence-electron chi connectivity index (χ1n) is 8.99. The zero-order valence-corrected chi connectivity index (χ0v) is 16.0. The molecule has 0 aromatic heterocycles. The lowest BCUT2D eigenvalue weighted by Crippen LogP contribution is -2.30. The maximum atomic E-state index is 12.4. The molecule has 8 heteroatoms. The number of carbonyl (C=O) groups excluding carboxylic acids is 4. The van der Waals surface area contributed by atoms with Crippen LogP contribution in [0.4, 0.5) is 5.69 Å². The van der Waals surface area contributed by atoms with Crippen LogP contribution in [-0.2, 0) is 9.53 Å². The van der Waals surface area contributed by atoms with Gasteiger partial charge in [-0.05, 0) is 43.3 Å². The summed E-state index contributed by atoms with van der Waals surface area (Å²) >= 11 is 0. The highest BCUT2D eigenvalue weighted by molar-refractivity contribution is 6.22. The van der Waals surface area contributed by atoms with Gasteiger partial charge in [-0.2, -0.15) is 5.26 Å². The molecular weight excluding hydrogens is 386 g/mol. The van der Waals surface area contributed by atoms with E-state index in [0.717, 1.165) is 4.90 Å². The van der Waals surface area contributed by atoms with Gasteiger partial charge in [-0.25, -0.2) is 4.79 Å². The van der Waals surface area contributed by atoms with Crippen LogP contribution in [0.3, 0.4) is 0 Å². The molecule has 0 radical (unpaired) electrons. The lowest BCUT2D eigenvalue weighted by molar-refractivity contribution is -0.123. The number of nitriles is 1. The average molecular weight is 403 g/mol. The Labute approximate surface area is 172 Å². The minimum Gasteiger partial charge on any atom is -0.449 e. The number of hydrogen-bond acceptors (Lipinski definition) is 6. The van der Waals surface area contributed by atoms with Crippen LogP contribution in [-0.4, -0.2) is 41.2 Å². The predicted octanol–water partition coefficient (Wildman–Crippen LogP) is 2.52. The monoisotopic (exact) mass is 403 g/mol. The van der Waals surface area contributed by atoms with E-state index >= 15 is 0 Å². The first-order chi connectivity index (χ1) is 14.3. The molecule has 0 saturated heterocycles. The molecule has 30 heavy (non-hydrogen) atoms. The largest absolute Gasteiger partial charge is 0.449 e. The standard InChI is InChI=1S/C22H17N3O5/c1-3-9-25-20(27)17-8-7-15(11-18(17)21(25)28)22(29)30-13(2)19(26)24-16-6-4-5-14(10-16)12-23/h3-8,10-11,13H,1,9H2,2H3,(H,24,26)/t13-/m0/s1. The van der Waals surface area contributed by atoms with E-state index in [1.54, 1.807) is 18.2 Å². The van der Waals surface area contributed by atoms with E-state index in [9.17, 15) is 19.2 Å². The molecule has 0 saturated carbocycles. The SMILES string of the molecule is C=CCN1C(=O)c2ccc(C(=O)O[C@@H](C)C(=O)Nc3cccc(C#N)c3)cc2C1=O. The van der Waals surface area contributed by atoms with Crippen LogP contribution in [0.15, 0.2) is 55.1 Å². The van der Waals surface area contributed by atoms with Crippen molar-refractivity contribution in [3.8, 4) is 6.07 Å². The van der Waals surface area contributed by atoms with Crippen LogP contribution >= 0.6 is 0 Å². The van der Waals surface area contributed by atoms with Crippen LogP contribution in [0.25, 0.3) is 0 Å². The lowest BCUT2D eigenvalue weighted by atomic mass is 10.1. The van der Waals surface area contributed by atoms with E-state index in [1.165, 1.54) is 37.3 Å². The number of amides is 3. The minimum atomic E-state index is -1.13. The molecule has 0 bridgehead atoms. The summed E-state index contributed by atoms with van der Waals surface area (Å²) in [7, 11) is 0. The Morgan fingerprint density at radius 2 is 1.93 bits per heavy atom. The summed E-state index contributed by atoms with van der Waals surface area (Å²) in [5.74, 6) is -2.37. The van der Waals surface area contributed by atoms with Gasteiger partial charge in [0.2, 0.25) is 0 Å². The summed E-state index contributed by atoms with van der Waals surface area (Å²) in [6.07, 6.45) is 0.301. The Balaban J connectivity index is 1.70. The molecule has 2 aromatic carbocycles. The predicted molar refractivity (Wildman–Crippen MR) is 107 cm³/mol. The normalized spacial score (nSPS) is 13.3. The molecule has 1 N–H and O–H groups in total. The van der Waals surface area contributed by atoms with Crippen molar-refractivity contribution >= 4 is 29.4 Å². The Hall–Kier alpha value is -4.25. The number of hydrogen-bond donors (Lipinski definition) is 1. The molecule has 2 aromatic rings. The fraction of sp³-hybridized carbons (Fsp3) is 0.136. The van der Waals surface area contributed by atoms with Crippen molar-refractivity contribution in [3.63, 3.8) is 0 Å². The molecule has 8 nitrogen and oxygen atoms in total. The van der Waals surface area contributed by atoms with Gasteiger partial charge in [-0.1, -0.05) is 12.1 Å². The number of anilines is 1. The van der Waals surface area contributed by atoms with Crippen molar-refractivity contribution in [3.05, 3.63) is 77.4 Å². The third-order valence-corrected chi connectivity index (χ3v) is 4.43. The second-order valence-electron chi connectivity index (χ2n) is 6.50. The van der Waals surface area contributed by atoms with Crippen LogP contribution < -0.4 is 5.32 Å². The third kappa shape index (κ3) is 3.95. The number of fused-ring (bicyclic) bond motifs is 1. The minimum absolute atomic E-state index is 0.0430. The number of carbonyl (C=O) groups is 4. The summed E-state index contributed by atoms with van der Waals surface area (Å²) in [6, 6.07) is 12.3. The van der Waals surface area contributed by atoms with Crippen LogP contribution in [0.2, 0.25) is 0 Å². The maximum Gasteiger partial charge on any atom is 0.338 e. The quantitative estimate of drug-likeness (QED) is 0.450. The van der Waals surface area contributed by atoms with E-state index in [1.807, 2.05) is 6.07 Å². The fourth-order valence-corrected chi connectivity index (χ4v) is 2.91. The maximum absolute atomic E-state index is 12.4. The lowest BCUT2D eigenvalue weighted by Gasteiger charge is -2.14. The second kappa shape index (κ2) is 8.41. The molecule has 1 atom stereocenters. The zero-order chi connectivity index (χ0) is 21.8. The average Bonchev–Trinajstić information content (AvgIpc) is 2.98. The summed E-state index contributed by atoms with van der Waals surface area (Å²) in [4.78, 5) is 50.4. The number of ether oxygens (including phenoxy) is 1. The number of imide groups is 1. The molecule has 1 aliphatic rings. The molecular formula is C22H17N3O5. The Morgan fingerprint density at radius 1 is 1.20 bits per heavy atom. The number of nitrogens with zero attached hydrogens (tertiary/aromatic N) is 2. The first-order valence-corrected chi connectivity index (χ1v) is 8.99. The Bertz CT molecular complexity index is 1120. The van der Waals surface area contributed by atoms with Gasteiger partial charge >= 0.3 is 5.97 Å². The second-order valence-corrected chi connectivity index (χ2v) is 6.50. The van der Waals surface area contributed by atoms with Crippen LogP contribution in [0.1, 0.15) is 43.6 Å². The number of esters is 1. The van der Waals surface area contributed by atoms with Crippen LogP contribution in [0, 0.1) is 11.3 Å². The summed E-state index contributed by atoms with van der Waals surface area (Å²) < 4.78 is 5.18. The Kier molecular flexibility index (Phi) is 5.74. The summed E-state index contributed by atoms with van der Waals surface area (Å²) in [6.45, 7) is 4.98. The molecule has 0 unspecified atom stereocenters. The van der Waals surface area contributed by atoms with Gasteiger partial charge in [0.1, 0.15) is 0 Å². The first kappa shape index (κ1) is 20.5. The molecule has 1 heterocycles. The van der Waals surface area contributed by atoms with Crippen molar-refractivity contribution in [2.75, 3.05) is 11.9 Å². The van der Waals surface area contributed by atoms with Crippen molar-refractivity contribution < 1.29 is 23.9 Å². The highest BCUT2D eigenvalue weighted by Crippen LogP contribution is 2.24. The van der Waals surface area contributed by atoms with Crippen LogP contribution in [0.5, 0.6) is 0 Å².